The first-order valence-corrected chi connectivity index (χ1v) is 6.47. The Morgan fingerprint density at radius 2 is 2.26 bits per heavy atom. The van der Waals surface area contributed by atoms with Crippen LogP contribution in [0.15, 0.2) is 30.5 Å². The Hall–Kier alpha value is -2.10. The van der Waals surface area contributed by atoms with Crippen LogP contribution in [0.4, 0.5) is 0 Å². The van der Waals surface area contributed by atoms with Crippen LogP contribution in [-0.2, 0) is 0 Å². The molecule has 0 fully saturated rings. The first-order chi connectivity index (χ1) is 9.26. The van der Waals surface area contributed by atoms with E-state index in [2.05, 4.69) is 17.2 Å². The van der Waals surface area contributed by atoms with Crippen molar-refractivity contribution >= 4 is 16.8 Å². The number of amides is 1. The standard InChI is InChI=1S/C15H18N2O2/c1-3-4-8-16-15(18)12-9-11-6-5-7-13(19-2)14(11)17-10-12/h5-7,9-10H,3-4,8H2,1-2H3,(H,16,18). The highest BCUT2D eigenvalue weighted by Gasteiger charge is 2.08. The summed E-state index contributed by atoms with van der Waals surface area (Å²) >= 11 is 0. The summed E-state index contributed by atoms with van der Waals surface area (Å²) in [4.78, 5) is 16.3. The lowest BCUT2D eigenvalue weighted by Crippen LogP contribution is -2.24. The van der Waals surface area contributed by atoms with Crippen LogP contribution < -0.4 is 10.1 Å². The van der Waals surface area contributed by atoms with Crippen LogP contribution in [0.3, 0.4) is 0 Å². The fraction of sp³-hybridized carbons (Fsp3) is 0.333. The van der Waals surface area contributed by atoms with Crippen molar-refractivity contribution in [2.24, 2.45) is 0 Å². The Bertz CT molecular complexity index is 581. The Balaban J connectivity index is 2.24. The number of unbranched alkanes of at least 4 members (excludes halogenated alkanes) is 1. The van der Waals surface area contributed by atoms with Gasteiger partial charge in [-0.05, 0) is 18.6 Å². The topological polar surface area (TPSA) is 51.2 Å². The summed E-state index contributed by atoms with van der Waals surface area (Å²) in [5.41, 5.74) is 1.35. The third-order valence-electron chi connectivity index (χ3n) is 2.97. The van der Waals surface area contributed by atoms with E-state index in [4.69, 9.17) is 4.74 Å². The normalized spacial score (nSPS) is 10.4. The zero-order valence-corrected chi connectivity index (χ0v) is 11.3. The number of para-hydroxylation sites is 1. The highest BCUT2D eigenvalue weighted by Crippen LogP contribution is 2.23. The molecule has 0 bridgehead atoms. The van der Waals surface area contributed by atoms with Gasteiger partial charge < -0.3 is 10.1 Å². The van der Waals surface area contributed by atoms with Gasteiger partial charge in [0, 0.05) is 18.1 Å². The van der Waals surface area contributed by atoms with Crippen LogP contribution in [0.25, 0.3) is 10.9 Å². The lowest BCUT2D eigenvalue weighted by Gasteiger charge is -2.07. The number of aromatic nitrogens is 1. The fourth-order valence-corrected chi connectivity index (χ4v) is 1.90. The van der Waals surface area contributed by atoms with Crippen molar-refractivity contribution in [1.29, 1.82) is 0 Å². The molecular weight excluding hydrogens is 240 g/mol. The maximum Gasteiger partial charge on any atom is 0.252 e. The molecule has 100 valence electrons. The number of rotatable bonds is 5. The number of pyridine rings is 1. The summed E-state index contributed by atoms with van der Waals surface area (Å²) < 4.78 is 5.24. The van der Waals surface area contributed by atoms with Gasteiger partial charge in [0.05, 0.1) is 12.7 Å². The van der Waals surface area contributed by atoms with E-state index in [1.807, 2.05) is 24.3 Å². The number of hydrogen-bond donors (Lipinski definition) is 1. The molecule has 1 aromatic heterocycles. The Morgan fingerprint density at radius 1 is 1.42 bits per heavy atom. The molecule has 1 amide bonds. The van der Waals surface area contributed by atoms with Gasteiger partial charge in [-0.2, -0.15) is 0 Å². The van der Waals surface area contributed by atoms with Gasteiger partial charge in [0.25, 0.3) is 5.91 Å². The molecule has 2 rings (SSSR count). The number of nitrogens with one attached hydrogen (secondary N) is 1. The van der Waals surface area contributed by atoms with E-state index in [1.165, 1.54) is 0 Å². The number of nitrogens with zero attached hydrogens (tertiary/aromatic N) is 1. The molecule has 1 aromatic carbocycles. The summed E-state index contributed by atoms with van der Waals surface area (Å²) in [6.07, 6.45) is 3.64. The zero-order chi connectivity index (χ0) is 13.7. The maximum atomic E-state index is 11.9. The smallest absolute Gasteiger partial charge is 0.252 e. The number of carbonyl (C=O) groups is 1. The molecule has 0 unspecified atom stereocenters. The van der Waals surface area contributed by atoms with E-state index < -0.39 is 0 Å². The zero-order valence-electron chi connectivity index (χ0n) is 11.3. The lowest BCUT2D eigenvalue weighted by molar-refractivity contribution is 0.0953. The molecule has 0 aliphatic carbocycles. The second-order valence-electron chi connectivity index (χ2n) is 4.37. The predicted molar refractivity (Wildman–Crippen MR) is 75.5 cm³/mol. The number of ether oxygens (including phenoxy) is 1. The second kappa shape index (κ2) is 6.18. The summed E-state index contributed by atoms with van der Waals surface area (Å²) in [6.45, 7) is 2.79. The summed E-state index contributed by atoms with van der Waals surface area (Å²) in [6, 6.07) is 7.51. The first kappa shape index (κ1) is 13.3. The van der Waals surface area contributed by atoms with Gasteiger partial charge in [-0.15, -0.1) is 0 Å². The van der Waals surface area contributed by atoms with E-state index in [-0.39, 0.29) is 5.91 Å². The van der Waals surface area contributed by atoms with Gasteiger partial charge in [-0.3, -0.25) is 9.78 Å². The number of hydrogen-bond acceptors (Lipinski definition) is 3. The van der Waals surface area contributed by atoms with Gasteiger partial charge in [0.2, 0.25) is 0 Å². The van der Waals surface area contributed by atoms with Crippen molar-refractivity contribution in [2.75, 3.05) is 13.7 Å². The molecule has 1 heterocycles. The van der Waals surface area contributed by atoms with Gasteiger partial charge in [-0.1, -0.05) is 25.5 Å². The lowest BCUT2D eigenvalue weighted by atomic mass is 10.1. The predicted octanol–water partition coefficient (Wildman–Crippen LogP) is 2.77. The van der Waals surface area contributed by atoms with E-state index in [1.54, 1.807) is 13.3 Å². The number of fused-ring (bicyclic) bond motifs is 1. The van der Waals surface area contributed by atoms with Crippen LogP contribution in [-0.4, -0.2) is 24.5 Å². The third kappa shape index (κ3) is 3.02. The maximum absolute atomic E-state index is 11.9. The van der Waals surface area contributed by atoms with Crippen molar-refractivity contribution in [3.8, 4) is 5.75 Å². The molecule has 4 heteroatoms. The molecule has 0 radical (unpaired) electrons. The minimum atomic E-state index is -0.0781. The molecular formula is C15H18N2O2. The van der Waals surface area contributed by atoms with Crippen molar-refractivity contribution in [3.63, 3.8) is 0 Å². The Kier molecular flexibility index (Phi) is 4.34. The van der Waals surface area contributed by atoms with Crippen LogP contribution in [0.2, 0.25) is 0 Å². The fourth-order valence-electron chi connectivity index (χ4n) is 1.90. The first-order valence-electron chi connectivity index (χ1n) is 6.47. The molecule has 0 aliphatic rings. The third-order valence-corrected chi connectivity index (χ3v) is 2.97. The molecule has 1 N–H and O–H groups in total. The molecule has 0 aliphatic heterocycles. The van der Waals surface area contributed by atoms with Crippen molar-refractivity contribution in [3.05, 3.63) is 36.0 Å². The molecule has 4 nitrogen and oxygen atoms in total. The minimum Gasteiger partial charge on any atom is -0.494 e. The van der Waals surface area contributed by atoms with E-state index in [0.29, 0.717) is 12.1 Å². The van der Waals surface area contributed by atoms with E-state index in [0.717, 1.165) is 29.5 Å². The summed E-state index contributed by atoms with van der Waals surface area (Å²) in [5.74, 6) is 0.640. The van der Waals surface area contributed by atoms with Crippen molar-refractivity contribution < 1.29 is 9.53 Å². The number of carbonyl (C=O) groups excluding carboxylic acids is 1. The van der Waals surface area contributed by atoms with E-state index in [9.17, 15) is 4.79 Å². The average molecular weight is 258 g/mol. The van der Waals surface area contributed by atoms with Crippen molar-refractivity contribution in [1.82, 2.24) is 10.3 Å². The largest absolute Gasteiger partial charge is 0.494 e. The van der Waals surface area contributed by atoms with Crippen LogP contribution in [0.1, 0.15) is 30.1 Å². The minimum absolute atomic E-state index is 0.0781. The summed E-state index contributed by atoms with van der Waals surface area (Å²) in [5, 5.41) is 3.79. The SMILES string of the molecule is CCCCNC(=O)c1cnc2c(OC)cccc2c1. The average Bonchev–Trinajstić information content (AvgIpc) is 2.46. The highest BCUT2D eigenvalue weighted by atomic mass is 16.5. The molecule has 0 atom stereocenters. The molecule has 19 heavy (non-hydrogen) atoms. The molecule has 0 saturated heterocycles. The van der Waals surface area contributed by atoms with Crippen LogP contribution in [0.5, 0.6) is 5.75 Å². The molecule has 0 saturated carbocycles. The molecule has 2 aromatic rings. The van der Waals surface area contributed by atoms with Gasteiger partial charge >= 0.3 is 0 Å². The monoisotopic (exact) mass is 258 g/mol. The van der Waals surface area contributed by atoms with E-state index >= 15 is 0 Å². The van der Waals surface area contributed by atoms with Gasteiger partial charge in [-0.25, -0.2) is 0 Å². The van der Waals surface area contributed by atoms with Gasteiger partial charge in [0.15, 0.2) is 0 Å². The Labute approximate surface area is 112 Å². The summed E-state index contributed by atoms with van der Waals surface area (Å²) in [7, 11) is 1.61. The quantitative estimate of drug-likeness (QED) is 0.839. The number of methoxy groups -OCH3 is 1. The Morgan fingerprint density at radius 3 is 3.00 bits per heavy atom. The van der Waals surface area contributed by atoms with Gasteiger partial charge in [0.1, 0.15) is 11.3 Å². The second-order valence-corrected chi connectivity index (χ2v) is 4.37. The van der Waals surface area contributed by atoms with Crippen LogP contribution >= 0.6 is 0 Å². The number of benzene rings is 1. The van der Waals surface area contributed by atoms with Crippen LogP contribution in [0, 0.1) is 0 Å². The molecule has 0 spiro atoms. The van der Waals surface area contributed by atoms with Crippen molar-refractivity contribution in [2.45, 2.75) is 19.8 Å². The highest BCUT2D eigenvalue weighted by molar-refractivity contribution is 5.98.